The third kappa shape index (κ3) is 2.69. The Morgan fingerprint density at radius 2 is 1.95 bits per heavy atom. The van der Waals surface area contributed by atoms with Crippen molar-refractivity contribution in [2.24, 2.45) is 11.1 Å². The maximum Gasteiger partial charge on any atom is 0.253 e. The van der Waals surface area contributed by atoms with Crippen molar-refractivity contribution < 1.29 is 9.59 Å². The molecular weight excluding hydrogens is 252 g/mol. The molecule has 1 unspecified atom stereocenters. The van der Waals surface area contributed by atoms with Crippen molar-refractivity contribution >= 4 is 11.8 Å². The first-order valence-electron chi connectivity index (χ1n) is 7.00. The first-order chi connectivity index (χ1) is 9.33. The lowest BCUT2D eigenvalue weighted by atomic mass is 9.81. The van der Waals surface area contributed by atoms with Gasteiger partial charge in [0.15, 0.2) is 0 Å². The van der Waals surface area contributed by atoms with E-state index in [-0.39, 0.29) is 11.8 Å². The molecule has 0 aliphatic carbocycles. The van der Waals surface area contributed by atoms with Gasteiger partial charge in [-0.25, -0.2) is 0 Å². The number of carbonyl (C=O) groups excluding carboxylic acids is 2. The second kappa shape index (κ2) is 5.27. The molecular formula is C16H22N2O2. The van der Waals surface area contributed by atoms with Gasteiger partial charge in [-0.05, 0) is 56.9 Å². The third-order valence-corrected chi connectivity index (χ3v) is 4.33. The maximum atomic E-state index is 12.5. The summed E-state index contributed by atoms with van der Waals surface area (Å²) in [5, 5.41) is 0. The van der Waals surface area contributed by atoms with Gasteiger partial charge in [0.05, 0.1) is 5.41 Å². The van der Waals surface area contributed by atoms with Crippen LogP contribution in [-0.2, 0) is 4.79 Å². The summed E-state index contributed by atoms with van der Waals surface area (Å²) >= 11 is 0. The fraction of sp³-hybridized carbons (Fsp3) is 0.500. The normalized spacial score (nSPS) is 22.6. The van der Waals surface area contributed by atoms with Gasteiger partial charge in [-0.1, -0.05) is 6.07 Å². The van der Waals surface area contributed by atoms with Crippen molar-refractivity contribution in [2.75, 3.05) is 13.1 Å². The minimum Gasteiger partial charge on any atom is -0.369 e. The zero-order valence-corrected chi connectivity index (χ0v) is 12.4. The summed E-state index contributed by atoms with van der Waals surface area (Å²) in [4.78, 5) is 25.9. The molecule has 0 bridgehead atoms. The number of aryl methyl sites for hydroxylation is 2. The summed E-state index contributed by atoms with van der Waals surface area (Å²) < 4.78 is 0. The fourth-order valence-electron chi connectivity index (χ4n) is 2.67. The first kappa shape index (κ1) is 14.6. The van der Waals surface area contributed by atoms with Crippen LogP contribution < -0.4 is 5.73 Å². The van der Waals surface area contributed by atoms with Crippen LogP contribution in [0.25, 0.3) is 0 Å². The molecule has 108 valence electrons. The standard InChI is InChI=1S/C16H22N2O2/c1-11-5-6-13(9-12(11)2)14(19)18-8-4-7-16(3,10-18)15(17)20/h5-6,9H,4,7-8,10H2,1-3H3,(H2,17,20). The summed E-state index contributed by atoms with van der Waals surface area (Å²) in [7, 11) is 0. The van der Waals surface area contributed by atoms with Crippen LogP contribution in [0.1, 0.15) is 41.3 Å². The molecule has 0 radical (unpaired) electrons. The van der Waals surface area contributed by atoms with Gasteiger partial charge in [0.1, 0.15) is 0 Å². The van der Waals surface area contributed by atoms with E-state index in [1.54, 1.807) is 4.90 Å². The average Bonchev–Trinajstić information content (AvgIpc) is 2.41. The number of carbonyl (C=O) groups is 2. The van der Waals surface area contributed by atoms with Crippen molar-refractivity contribution in [3.05, 3.63) is 34.9 Å². The lowest BCUT2D eigenvalue weighted by Gasteiger charge is -2.38. The van der Waals surface area contributed by atoms with E-state index in [4.69, 9.17) is 5.73 Å². The number of rotatable bonds is 2. The summed E-state index contributed by atoms with van der Waals surface area (Å²) in [6.07, 6.45) is 1.56. The highest BCUT2D eigenvalue weighted by Crippen LogP contribution is 2.30. The molecule has 1 atom stereocenters. The minimum atomic E-state index is -0.604. The SMILES string of the molecule is Cc1ccc(C(=O)N2CCCC(C)(C(N)=O)C2)cc1C. The highest BCUT2D eigenvalue weighted by Gasteiger charge is 2.38. The molecule has 4 heteroatoms. The van der Waals surface area contributed by atoms with E-state index < -0.39 is 5.41 Å². The molecule has 1 heterocycles. The number of primary amides is 1. The van der Waals surface area contributed by atoms with Crippen molar-refractivity contribution in [2.45, 2.75) is 33.6 Å². The summed E-state index contributed by atoms with van der Waals surface area (Å²) in [6.45, 7) is 6.96. The number of benzene rings is 1. The lowest BCUT2D eigenvalue weighted by Crippen LogP contribution is -2.50. The van der Waals surface area contributed by atoms with E-state index >= 15 is 0 Å². The van der Waals surface area contributed by atoms with Crippen LogP contribution >= 0.6 is 0 Å². The molecule has 0 saturated carbocycles. The number of nitrogens with zero attached hydrogens (tertiary/aromatic N) is 1. The van der Waals surface area contributed by atoms with Crippen molar-refractivity contribution in [3.8, 4) is 0 Å². The van der Waals surface area contributed by atoms with Crippen LogP contribution in [0, 0.1) is 19.3 Å². The van der Waals surface area contributed by atoms with Gasteiger partial charge in [-0.2, -0.15) is 0 Å². The highest BCUT2D eigenvalue weighted by molar-refractivity contribution is 5.95. The third-order valence-electron chi connectivity index (χ3n) is 4.33. The average molecular weight is 274 g/mol. The van der Waals surface area contributed by atoms with Gasteiger partial charge in [0, 0.05) is 18.7 Å². The molecule has 1 aromatic rings. The Balaban J connectivity index is 2.20. The van der Waals surface area contributed by atoms with E-state index in [0.29, 0.717) is 18.7 Å². The second-order valence-corrected chi connectivity index (χ2v) is 6.05. The summed E-state index contributed by atoms with van der Waals surface area (Å²) in [6, 6.07) is 5.72. The molecule has 2 N–H and O–H groups in total. The van der Waals surface area contributed by atoms with Crippen molar-refractivity contribution in [1.82, 2.24) is 4.90 Å². The Kier molecular flexibility index (Phi) is 3.84. The molecule has 1 aliphatic rings. The predicted molar refractivity (Wildman–Crippen MR) is 78.4 cm³/mol. The summed E-state index contributed by atoms with van der Waals surface area (Å²) in [5.41, 5.74) is 7.82. The van der Waals surface area contributed by atoms with Crippen LogP contribution in [0.5, 0.6) is 0 Å². The van der Waals surface area contributed by atoms with E-state index in [1.165, 1.54) is 5.56 Å². The molecule has 2 amide bonds. The number of hydrogen-bond donors (Lipinski definition) is 1. The van der Waals surface area contributed by atoms with Gasteiger partial charge in [-0.15, -0.1) is 0 Å². The molecule has 4 nitrogen and oxygen atoms in total. The number of likely N-dealkylation sites (tertiary alicyclic amines) is 1. The molecule has 1 aromatic carbocycles. The van der Waals surface area contributed by atoms with E-state index in [2.05, 4.69) is 0 Å². The lowest BCUT2D eigenvalue weighted by molar-refractivity contribution is -0.129. The van der Waals surface area contributed by atoms with Crippen molar-refractivity contribution in [3.63, 3.8) is 0 Å². The fourth-order valence-corrected chi connectivity index (χ4v) is 2.67. The number of piperidine rings is 1. The van der Waals surface area contributed by atoms with Crippen LogP contribution in [0.4, 0.5) is 0 Å². The highest BCUT2D eigenvalue weighted by atomic mass is 16.2. The zero-order chi connectivity index (χ0) is 14.9. The van der Waals surface area contributed by atoms with Gasteiger partial charge in [-0.3, -0.25) is 9.59 Å². The van der Waals surface area contributed by atoms with Crippen molar-refractivity contribution in [1.29, 1.82) is 0 Å². The topological polar surface area (TPSA) is 63.4 Å². The Morgan fingerprint density at radius 3 is 2.55 bits per heavy atom. The van der Waals surface area contributed by atoms with Gasteiger partial charge >= 0.3 is 0 Å². The van der Waals surface area contributed by atoms with E-state index in [9.17, 15) is 9.59 Å². The molecule has 1 saturated heterocycles. The Labute approximate surface area is 119 Å². The smallest absolute Gasteiger partial charge is 0.253 e. The zero-order valence-electron chi connectivity index (χ0n) is 12.4. The van der Waals surface area contributed by atoms with Crippen LogP contribution in [0.15, 0.2) is 18.2 Å². The molecule has 1 aliphatic heterocycles. The predicted octanol–water partition coefficient (Wildman–Crippen LogP) is 2.03. The Morgan fingerprint density at radius 1 is 1.25 bits per heavy atom. The monoisotopic (exact) mass is 274 g/mol. The molecule has 20 heavy (non-hydrogen) atoms. The molecule has 2 rings (SSSR count). The van der Waals surface area contributed by atoms with Gasteiger partial charge < -0.3 is 10.6 Å². The minimum absolute atomic E-state index is 0.0136. The Bertz CT molecular complexity index is 553. The maximum absolute atomic E-state index is 12.5. The first-order valence-corrected chi connectivity index (χ1v) is 7.00. The quantitative estimate of drug-likeness (QED) is 0.897. The number of hydrogen-bond acceptors (Lipinski definition) is 2. The second-order valence-electron chi connectivity index (χ2n) is 6.05. The van der Waals surface area contributed by atoms with Crippen LogP contribution in [-0.4, -0.2) is 29.8 Å². The van der Waals surface area contributed by atoms with E-state index in [0.717, 1.165) is 18.4 Å². The van der Waals surface area contributed by atoms with Crippen LogP contribution in [0.2, 0.25) is 0 Å². The van der Waals surface area contributed by atoms with Gasteiger partial charge in [0.25, 0.3) is 5.91 Å². The largest absolute Gasteiger partial charge is 0.369 e. The summed E-state index contributed by atoms with van der Waals surface area (Å²) in [5.74, 6) is -0.338. The van der Waals surface area contributed by atoms with Crippen LogP contribution in [0.3, 0.4) is 0 Å². The van der Waals surface area contributed by atoms with Gasteiger partial charge in [0.2, 0.25) is 5.91 Å². The Hall–Kier alpha value is -1.84. The number of nitrogens with two attached hydrogens (primary N) is 1. The molecule has 0 aromatic heterocycles. The molecule has 0 spiro atoms. The molecule has 1 fully saturated rings. The van der Waals surface area contributed by atoms with E-state index in [1.807, 2.05) is 39.0 Å². The number of amides is 2.